The van der Waals surface area contributed by atoms with Crippen molar-refractivity contribution in [2.45, 2.75) is 51.6 Å². The van der Waals surface area contributed by atoms with Gasteiger partial charge in [0, 0.05) is 11.6 Å². The molecule has 0 amide bonds. The first kappa shape index (κ1) is 23.5. The fourth-order valence-electron chi connectivity index (χ4n) is 5.01. The van der Waals surface area contributed by atoms with Crippen LogP contribution in [0.5, 0.6) is 11.6 Å². The molecule has 1 aliphatic heterocycles. The van der Waals surface area contributed by atoms with Gasteiger partial charge in [-0.05, 0) is 61.6 Å². The van der Waals surface area contributed by atoms with Crippen LogP contribution in [0.15, 0.2) is 36.7 Å². The van der Waals surface area contributed by atoms with Crippen molar-refractivity contribution in [2.24, 2.45) is 11.8 Å². The zero-order valence-electron chi connectivity index (χ0n) is 20.0. The highest BCUT2D eigenvalue weighted by molar-refractivity contribution is 6.33. The van der Waals surface area contributed by atoms with Crippen LogP contribution in [0, 0.1) is 18.8 Å². The molecular weight excluding hydrogens is 466 g/mol. The second-order valence-electron chi connectivity index (χ2n) is 9.44. The van der Waals surface area contributed by atoms with Gasteiger partial charge in [-0.1, -0.05) is 30.7 Å². The van der Waals surface area contributed by atoms with E-state index in [0.717, 1.165) is 53.9 Å². The molecule has 2 aliphatic rings. The Hall–Kier alpha value is -3.19. The lowest BCUT2D eigenvalue weighted by atomic mass is 9.82. The van der Waals surface area contributed by atoms with Gasteiger partial charge in [0.25, 0.3) is 0 Å². The lowest BCUT2D eigenvalue weighted by molar-refractivity contribution is -0.142. The van der Waals surface area contributed by atoms with Crippen molar-refractivity contribution in [1.29, 1.82) is 0 Å². The highest BCUT2D eigenvalue weighted by atomic mass is 35.5. The number of ether oxygens (including phenoxy) is 2. The number of aryl methyl sites for hydroxylation is 2. The van der Waals surface area contributed by atoms with Crippen LogP contribution in [0.25, 0.3) is 11.3 Å². The van der Waals surface area contributed by atoms with Gasteiger partial charge < -0.3 is 14.6 Å². The van der Waals surface area contributed by atoms with Gasteiger partial charge in [-0.25, -0.2) is 4.98 Å². The van der Waals surface area contributed by atoms with Crippen molar-refractivity contribution in [2.75, 3.05) is 7.11 Å². The van der Waals surface area contributed by atoms with Gasteiger partial charge in [-0.2, -0.15) is 0 Å². The molecule has 182 valence electrons. The Bertz CT molecular complexity index is 1280. The van der Waals surface area contributed by atoms with Crippen LogP contribution in [-0.4, -0.2) is 33.1 Å². The SMILES string of the molecule is COc1cc(-c2ncc(C3CCc4ccc(C(C5CC5)[C@H](C)C(=O)O)cc4O3)nc2C)c(Cl)cn1. The van der Waals surface area contributed by atoms with Gasteiger partial charge in [0.2, 0.25) is 5.88 Å². The summed E-state index contributed by atoms with van der Waals surface area (Å²) in [4.78, 5) is 25.3. The van der Waals surface area contributed by atoms with Crippen LogP contribution < -0.4 is 9.47 Å². The fraction of sp³-hybridized carbons (Fsp3) is 0.407. The number of carbonyl (C=O) groups is 1. The Labute approximate surface area is 209 Å². The number of methoxy groups -OCH3 is 1. The topological polar surface area (TPSA) is 94.4 Å². The monoisotopic (exact) mass is 493 g/mol. The maximum absolute atomic E-state index is 11.7. The molecule has 1 aromatic carbocycles. The number of hydrogen-bond acceptors (Lipinski definition) is 6. The molecule has 3 aromatic rings. The number of aromatic nitrogens is 3. The second kappa shape index (κ2) is 9.46. The van der Waals surface area contributed by atoms with Gasteiger partial charge in [-0.3, -0.25) is 14.8 Å². The van der Waals surface area contributed by atoms with Crippen LogP contribution in [0.1, 0.15) is 60.7 Å². The summed E-state index contributed by atoms with van der Waals surface area (Å²) in [6, 6.07) is 7.96. The molecule has 3 atom stereocenters. The second-order valence-corrected chi connectivity index (χ2v) is 9.85. The Morgan fingerprint density at radius 3 is 2.69 bits per heavy atom. The van der Waals surface area contributed by atoms with Gasteiger partial charge in [-0.15, -0.1) is 0 Å². The molecule has 1 saturated carbocycles. The number of carboxylic acid groups (broad SMARTS) is 1. The predicted molar refractivity (Wildman–Crippen MR) is 132 cm³/mol. The van der Waals surface area contributed by atoms with E-state index < -0.39 is 11.9 Å². The molecule has 3 heterocycles. The standard InChI is InChI=1S/C27H28ClN3O4/c1-14(27(32)33)25(17-5-6-17)18-7-4-16-8-9-22(35-23(16)10-18)21-13-30-26(15(2)31-21)19-11-24(34-3)29-12-20(19)28/h4,7,10-14,17,22,25H,5-6,8-9H2,1-3H3,(H,32,33)/t14-,22?,25?/m0/s1. The van der Waals surface area contributed by atoms with Gasteiger partial charge in [0.15, 0.2) is 0 Å². The summed E-state index contributed by atoms with van der Waals surface area (Å²) < 4.78 is 11.6. The smallest absolute Gasteiger partial charge is 0.306 e. The van der Waals surface area contributed by atoms with E-state index in [1.54, 1.807) is 32.5 Å². The number of carboxylic acids is 1. The van der Waals surface area contributed by atoms with E-state index >= 15 is 0 Å². The average Bonchev–Trinajstić information content (AvgIpc) is 3.69. The van der Waals surface area contributed by atoms with Crippen molar-refractivity contribution in [1.82, 2.24) is 15.0 Å². The molecule has 1 aliphatic carbocycles. The summed E-state index contributed by atoms with van der Waals surface area (Å²) in [6.07, 6.45) is 6.87. The zero-order chi connectivity index (χ0) is 24.7. The zero-order valence-corrected chi connectivity index (χ0v) is 20.7. The third-order valence-corrected chi connectivity index (χ3v) is 7.37. The molecule has 2 unspecified atom stereocenters. The molecule has 5 rings (SSSR count). The number of rotatable bonds is 7. The maximum Gasteiger partial charge on any atom is 0.306 e. The number of nitrogens with zero attached hydrogens (tertiary/aromatic N) is 3. The molecule has 35 heavy (non-hydrogen) atoms. The van der Waals surface area contributed by atoms with E-state index in [0.29, 0.717) is 28.1 Å². The molecule has 7 nitrogen and oxygen atoms in total. The van der Waals surface area contributed by atoms with E-state index in [4.69, 9.17) is 26.1 Å². The highest BCUT2D eigenvalue weighted by Crippen LogP contribution is 2.48. The third kappa shape index (κ3) is 4.69. The number of hydrogen-bond donors (Lipinski definition) is 1. The Morgan fingerprint density at radius 2 is 2.00 bits per heavy atom. The number of halogens is 1. The van der Waals surface area contributed by atoms with Crippen LogP contribution in [0.2, 0.25) is 5.02 Å². The summed E-state index contributed by atoms with van der Waals surface area (Å²) in [7, 11) is 1.56. The highest BCUT2D eigenvalue weighted by Gasteiger charge is 2.39. The number of fused-ring (bicyclic) bond motifs is 1. The average molecular weight is 494 g/mol. The molecule has 0 spiro atoms. The molecule has 1 N–H and O–H groups in total. The predicted octanol–water partition coefficient (Wildman–Crippen LogP) is 5.79. The quantitative estimate of drug-likeness (QED) is 0.445. The first-order valence-corrected chi connectivity index (χ1v) is 12.3. The van der Waals surface area contributed by atoms with E-state index in [-0.39, 0.29) is 12.0 Å². The Balaban J connectivity index is 1.41. The number of aliphatic carboxylic acids is 1. The van der Waals surface area contributed by atoms with E-state index in [1.807, 2.05) is 13.0 Å². The van der Waals surface area contributed by atoms with Crippen LogP contribution in [-0.2, 0) is 11.2 Å². The molecule has 1 fully saturated rings. The Morgan fingerprint density at radius 1 is 1.20 bits per heavy atom. The van der Waals surface area contributed by atoms with Crippen molar-refractivity contribution < 1.29 is 19.4 Å². The minimum atomic E-state index is -0.754. The van der Waals surface area contributed by atoms with Gasteiger partial charge in [0.05, 0.1) is 47.5 Å². The molecule has 8 heteroatoms. The molecule has 2 aromatic heterocycles. The van der Waals surface area contributed by atoms with Crippen LogP contribution >= 0.6 is 11.6 Å². The lowest BCUT2D eigenvalue weighted by Crippen LogP contribution is -2.22. The largest absolute Gasteiger partial charge is 0.484 e. The summed E-state index contributed by atoms with van der Waals surface area (Å²) in [6.45, 7) is 3.70. The Kier molecular flexibility index (Phi) is 6.36. The third-order valence-electron chi connectivity index (χ3n) is 7.07. The van der Waals surface area contributed by atoms with Crippen molar-refractivity contribution >= 4 is 17.6 Å². The van der Waals surface area contributed by atoms with Crippen molar-refractivity contribution in [3.8, 4) is 22.9 Å². The van der Waals surface area contributed by atoms with E-state index in [9.17, 15) is 9.90 Å². The number of benzene rings is 1. The summed E-state index contributed by atoms with van der Waals surface area (Å²) >= 11 is 6.37. The van der Waals surface area contributed by atoms with Gasteiger partial charge >= 0.3 is 5.97 Å². The minimum Gasteiger partial charge on any atom is -0.484 e. The first-order chi connectivity index (χ1) is 16.9. The summed E-state index contributed by atoms with van der Waals surface area (Å²) in [5, 5.41) is 10.1. The summed E-state index contributed by atoms with van der Waals surface area (Å²) in [5.41, 5.74) is 5.07. The lowest BCUT2D eigenvalue weighted by Gasteiger charge is -2.28. The van der Waals surface area contributed by atoms with Crippen molar-refractivity contribution in [3.63, 3.8) is 0 Å². The van der Waals surface area contributed by atoms with E-state index in [2.05, 4.69) is 22.1 Å². The maximum atomic E-state index is 11.7. The first-order valence-electron chi connectivity index (χ1n) is 11.9. The normalized spacial score (nSPS) is 18.8. The number of pyridine rings is 1. The minimum absolute atomic E-state index is 0.00481. The van der Waals surface area contributed by atoms with Crippen molar-refractivity contribution in [3.05, 3.63) is 64.2 Å². The summed E-state index contributed by atoms with van der Waals surface area (Å²) in [5.74, 6) is 0.520. The molecular formula is C27H28ClN3O4. The van der Waals surface area contributed by atoms with Gasteiger partial charge in [0.1, 0.15) is 11.9 Å². The molecule has 0 bridgehead atoms. The van der Waals surface area contributed by atoms with Crippen LogP contribution in [0.3, 0.4) is 0 Å². The van der Waals surface area contributed by atoms with Crippen LogP contribution in [0.4, 0.5) is 0 Å². The molecule has 0 radical (unpaired) electrons. The van der Waals surface area contributed by atoms with E-state index in [1.165, 1.54) is 0 Å². The molecule has 0 saturated heterocycles. The fourth-order valence-corrected chi connectivity index (χ4v) is 5.20.